The number of benzene rings is 3. The Balaban J connectivity index is 0.000000175. The molecule has 3 aromatic carbocycles. The molecule has 3 atom stereocenters. The van der Waals surface area contributed by atoms with Gasteiger partial charge in [0.25, 0.3) is 16.7 Å². The molecule has 12 aromatic rings. The Labute approximate surface area is 813 Å². The molecule has 6 N–H and O–H groups in total. The second-order valence-electron chi connectivity index (χ2n) is 33.8. The van der Waals surface area contributed by atoms with E-state index in [9.17, 15) is 57.7 Å². The van der Waals surface area contributed by atoms with Gasteiger partial charge < -0.3 is 46.6 Å². The summed E-state index contributed by atoms with van der Waals surface area (Å²) in [5, 5.41) is 27.8. The van der Waals surface area contributed by atoms with Crippen LogP contribution in [0.2, 0.25) is 30.1 Å². The SMILES string of the molecule is C=CC(=O)N1CCN(c2c(C#N)c(=O)n(-c3c(C)ccnc3C(C)C)c3nc(-c4c(F)c(N)c(F)c(Cl)c4F)c(Cl)cc23)C[C@H]1C.C=CC(=O)N1CCN(c2c(C#N)c(=O)n(-c3c(C)ccnc3C(C)C)c3nc(-c4c(F)c(N)c(F)c(Cl)c4F)c(Cl)cc23)C[C@H]1C.C=CC(=O)N1CCN(c2c(C#N)c(=O)n(-c3c(C)ccnc3C(C)C)c3nc(-c4c(F)c(N)c(F)c(Cl)c4F)c(Cl)cc23)C[C@H]1C. The first-order valence-electron chi connectivity index (χ1n) is 42.6. The van der Waals surface area contributed by atoms with Crippen LogP contribution in [0.5, 0.6) is 0 Å². The number of pyridine rings is 9. The van der Waals surface area contributed by atoms with Gasteiger partial charge >= 0.3 is 0 Å². The smallest absolute Gasteiger partial charge is 0.276 e. The van der Waals surface area contributed by atoms with Crippen molar-refractivity contribution in [2.45, 2.75) is 119 Å². The fourth-order valence-electron chi connectivity index (χ4n) is 17.5. The largest absolute Gasteiger partial charge is 0.394 e. The first kappa shape index (κ1) is 102. The van der Waals surface area contributed by atoms with Crippen LogP contribution in [0.3, 0.4) is 0 Å². The Morgan fingerprint density at radius 1 is 0.399 bits per heavy atom. The fraction of sp³-hybridized carbons (Fsp3) is 0.281. The minimum atomic E-state index is -1.49. The Hall–Kier alpha value is -13.8. The van der Waals surface area contributed by atoms with Crippen molar-refractivity contribution in [1.29, 1.82) is 15.8 Å². The molecular formula is C96H84Cl6F9N21O6. The number of nitrogen functional groups attached to an aromatic ring is 3. The summed E-state index contributed by atoms with van der Waals surface area (Å²) in [6, 6.07) is 14.1. The standard InChI is InChI=1S/3C32H28Cl2F3N7O2/c3*1-6-20(45)43-10-9-42(13-16(43)5)30-17-11-19(33)28(21-23(35)22(34)25(37)26(39)24(21)36)41-31(17)44(32(46)18(30)12-38)29-15(4)7-8-40-27(29)14(2)3/h3*6-8,11,14,16H,1,9-10,13,39H2,2-5H3/t3*16-/m111/s1. The Kier molecular flexibility index (Phi) is 29.5. The van der Waals surface area contributed by atoms with E-state index >= 15 is 26.3 Å². The molecule has 0 aliphatic carbocycles. The van der Waals surface area contributed by atoms with Crippen LogP contribution in [0.15, 0.2) is 107 Å². The van der Waals surface area contributed by atoms with Crippen LogP contribution < -0.4 is 48.6 Å². The van der Waals surface area contributed by atoms with Gasteiger partial charge in [-0.25, -0.2) is 54.5 Å². The topological polar surface area (TPSA) is 363 Å². The number of piperazine rings is 3. The molecule has 9 aromatic heterocycles. The zero-order valence-electron chi connectivity index (χ0n) is 75.8. The first-order valence-corrected chi connectivity index (χ1v) is 44.9. The number of nitrogens with zero attached hydrogens (tertiary/aromatic N) is 18. The van der Waals surface area contributed by atoms with Crippen molar-refractivity contribution in [3.63, 3.8) is 0 Å². The van der Waals surface area contributed by atoms with Crippen molar-refractivity contribution in [2.75, 3.05) is 90.8 Å². The highest BCUT2D eigenvalue weighted by Gasteiger charge is 2.40. The average molecular weight is 2010 g/mol. The summed E-state index contributed by atoms with van der Waals surface area (Å²) >= 11 is 37.4. The minimum Gasteiger partial charge on any atom is -0.394 e. The first-order chi connectivity index (χ1) is 65.2. The lowest BCUT2D eigenvalue weighted by Gasteiger charge is -2.41. The van der Waals surface area contributed by atoms with E-state index < -0.39 is 135 Å². The Morgan fingerprint density at radius 2 is 0.630 bits per heavy atom. The maximum Gasteiger partial charge on any atom is 0.276 e. The van der Waals surface area contributed by atoms with Crippen molar-refractivity contribution in [3.8, 4) is 69.0 Å². The summed E-state index contributed by atoms with van der Waals surface area (Å²) in [6.45, 7) is 34.7. The summed E-state index contributed by atoms with van der Waals surface area (Å²) < 4.78 is 139. The molecule has 3 aliphatic heterocycles. The number of aryl methyl sites for hydroxylation is 3. The maximum atomic E-state index is 15.4. The monoisotopic (exact) mass is 2010 g/mol. The molecule has 0 radical (unpaired) electrons. The molecule has 3 aliphatic rings. The van der Waals surface area contributed by atoms with E-state index in [1.165, 1.54) is 50.1 Å². The fourth-order valence-corrected chi connectivity index (χ4v) is 18.8. The maximum absolute atomic E-state index is 15.4. The van der Waals surface area contributed by atoms with E-state index in [2.05, 4.69) is 49.6 Å². The molecule has 12 heterocycles. The third kappa shape index (κ3) is 17.6. The van der Waals surface area contributed by atoms with Gasteiger partial charge in [0.1, 0.15) is 84.0 Å². The number of hydrogen-bond donors (Lipinski definition) is 3. The lowest BCUT2D eigenvalue weighted by atomic mass is 10.0. The van der Waals surface area contributed by atoms with Crippen molar-refractivity contribution in [1.82, 2.24) is 58.3 Å². The summed E-state index contributed by atoms with van der Waals surface area (Å²) in [5.74, 6) is -14.7. The number of anilines is 6. The number of amides is 3. The molecule has 3 saturated heterocycles. The average Bonchev–Trinajstić information content (AvgIpc) is 0.726. The highest BCUT2D eigenvalue weighted by molar-refractivity contribution is 6.36. The van der Waals surface area contributed by atoms with E-state index in [-0.39, 0.29) is 194 Å². The van der Waals surface area contributed by atoms with Gasteiger partial charge in [0.05, 0.1) is 100 Å². The number of nitrogens with two attached hydrogens (primary N) is 3. The van der Waals surface area contributed by atoms with E-state index in [4.69, 9.17) is 86.8 Å². The lowest BCUT2D eigenvalue weighted by Crippen LogP contribution is -2.54. The van der Waals surface area contributed by atoms with Crippen molar-refractivity contribution in [3.05, 3.63) is 257 Å². The minimum absolute atomic E-state index is 0.105. The summed E-state index contributed by atoms with van der Waals surface area (Å²) in [4.78, 5) is 118. The van der Waals surface area contributed by atoms with Crippen LogP contribution in [-0.2, 0) is 14.4 Å². The van der Waals surface area contributed by atoms with Gasteiger partial charge in [-0.15, -0.1) is 0 Å². The third-order valence-electron chi connectivity index (χ3n) is 24.1. The van der Waals surface area contributed by atoms with Crippen LogP contribution in [-0.4, -0.2) is 153 Å². The predicted molar refractivity (Wildman–Crippen MR) is 516 cm³/mol. The number of aromatic nitrogens is 9. The van der Waals surface area contributed by atoms with Crippen LogP contribution in [0.1, 0.15) is 131 Å². The number of hydrogen-bond acceptors (Lipinski definition) is 21. The molecule has 714 valence electrons. The quantitative estimate of drug-likeness (QED) is 0.0282. The molecule has 42 heteroatoms. The van der Waals surface area contributed by atoms with Crippen LogP contribution in [0.4, 0.5) is 73.6 Å². The van der Waals surface area contributed by atoms with Gasteiger partial charge in [-0.2, -0.15) is 15.8 Å². The van der Waals surface area contributed by atoms with Crippen LogP contribution in [0, 0.1) is 107 Å². The molecule has 3 fully saturated rings. The molecule has 0 saturated carbocycles. The number of nitriles is 3. The van der Waals surface area contributed by atoms with Crippen LogP contribution in [0.25, 0.3) is 83.9 Å². The number of fused-ring (bicyclic) bond motifs is 3. The normalized spacial score (nSPS) is 15.0. The van der Waals surface area contributed by atoms with Gasteiger partial charge in [-0.1, -0.05) is 131 Å². The van der Waals surface area contributed by atoms with Gasteiger partial charge in [0, 0.05) is 112 Å². The van der Waals surface area contributed by atoms with Crippen molar-refractivity contribution < 1.29 is 53.9 Å². The Bertz CT molecular complexity index is 6790. The van der Waals surface area contributed by atoms with Gasteiger partial charge in [0.2, 0.25) is 17.7 Å². The van der Waals surface area contributed by atoms with Crippen LogP contribution >= 0.6 is 69.6 Å². The molecule has 15 rings (SSSR count). The molecule has 27 nitrogen and oxygen atoms in total. The van der Waals surface area contributed by atoms with Gasteiger partial charge in [-0.3, -0.25) is 57.4 Å². The number of carbonyl (C=O) groups excluding carboxylic acids is 3. The number of rotatable bonds is 15. The second kappa shape index (κ2) is 40.1. The summed E-state index contributed by atoms with van der Waals surface area (Å²) in [7, 11) is 0. The molecule has 3 amide bonds. The summed E-state index contributed by atoms with van der Waals surface area (Å²) in [6.07, 6.45) is 8.38. The van der Waals surface area contributed by atoms with E-state index in [1.807, 2.05) is 80.5 Å². The lowest BCUT2D eigenvalue weighted by molar-refractivity contribution is -0.129. The molecule has 138 heavy (non-hydrogen) atoms. The number of halogens is 15. The van der Waals surface area contributed by atoms with Gasteiger partial charge in [0.15, 0.2) is 52.4 Å². The zero-order valence-corrected chi connectivity index (χ0v) is 80.3. The molecule has 0 unspecified atom stereocenters. The number of carbonyl (C=O) groups is 3. The summed E-state index contributed by atoms with van der Waals surface area (Å²) in [5.41, 5.74) is 10.9. The predicted octanol–water partition coefficient (Wildman–Crippen LogP) is 18.8. The Morgan fingerprint density at radius 3 is 0.833 bits per heavy atom. The van der Waals surface area contributed by atoms with E-state index in [1.54, 1.807) is 87.0 Å². The van der Waals surface area contributed by atoms with Gasteiger partial charge in [-0.05, 0) is 131 Å². The van der Waals surface area contributed by atoms with E-state index in [0.717, 1.165) is 0 Å². The van der Waals surface area contributed by atoms with Crippen molar-refractivity contribution in [2.24, 2.45) is 0 Å². The molecular weight excluding hydrogens is 1930 g/mol. The highest BCUT2D eigenvalue weighted by Crippen LogP contribution is 2.48. The molecule has 0 bridgehead atoms. The second-order valence-corrected chi connectivity index (χ2v) is 36.1. The highest BCUT2D eigenvalue weighted by atomic mass is 35.5. The third-order valence-corrected chi connectivity index (χ3v) is 26.0. The zero-order chi connectivity index (χ0) is 101. The van der Waals surface area contributed by atoms with E-state index in [0.29, 0.717) is 50.8 Å². The van der Waals surface area contributed by atoms with Crippen molar-refractivity contribution >= 4 is 155 Å². The molecule has 0 spiro atoms.